The van der Waals surface area contributed by atoms with E-state index in [0.29, 0.717) is 5.56 Å². The Morgan fingerprint density at radius 1 is 1.50 bits per heavy atom. The molecule has 0 aliphatic rings. The summed E-state index contributed by atoms with van der Waals surface area (Å²) in [6, 6.07) is 7.01. The van der Waals surface area contributed by atoms with Gasteiger partial charge in [-0.25, -0.2) is 8.42 Å². The Labute approximate surface area is 107 Å². The monoisotopic (exact) mass is 268 g/mol. The fourth-order valence-electron chi connectivity index (χ4n) is 1.57. The number of rotatable bonds is 6. The van der Waals surface area contributed by atoms with Crippen molar-refractivity contribution < 1.29 is 18.3 Å². The minimum Gasteiger partial charge on any atom is -0.481 e. The van der Waals surface area contributed by atoms with Gasteiger partial charge in [0.1, 0.15) is 0 Å². The van der Waals surface area contributed by atoms with Gasteiger partial charge < -0.3 is 5.11 Å². The van der Waals surface area contributed by atoms with Crippen molar-refractivity contribution in [3.63, 3.8) is 0 Å². The molecule has 1 atom stereocenters. The highest BCUT2D eigenvalue weighted by molar-refractivity contribution is 7.90. The maximum absolute atomic E-state index is 11.8. The Morgan fingerprint density at radius 3 is 2.72 bits per heavy atom. The zero-order chi connectivity index (χ0) is 13.8. The molecule has 0 aromatic heterocycles. The van der Waals surface area contributed by atoms with E-state index in [-0.39, 0.29) is 11.5 Å². The summed E-state index contributed by atoms with van der Waals surface area (Å²) in [6.07, 6.45) is 1.63. The average molecular weight is 268 g/mol. The van der Waals surface area contributed by atoms with E-state index in [1.807, 2.05) is 6.07 Å². The van der Waals surface area contributed by atoms with Crippen LogP contribution in [0.15, 0.2) is 30.8 Å². The molecule has 4 nitrogen and oxygen atoms in total. The fraction of sp³-hybridized carbons (Fsp3) is 0.308. The van der Waals surface area contributed by atoms with Gasteiger partial charge in [0.05, 0.1) is 17.4 Å². The highest BCUT2D eigenvalue weighted by Crippen LogP contribution is 2.13. The molecule has 0 aliphatic heterocycles. The van der Waals surface area contributed by atoms with Gasteiger partial charge in [-0.3, -0.25) is 4.79 Å². The lowest BCUT2D eigenvalue weighted by molar-refractivity contribution is -0.140. The molecule has 1 aromatic carbocycles. The van der Waals surface area contributed by atoms with Crippen LogP contribution in [0.1, 0.15) is 18.1 Å². The van der Waals surface area contributed by atoms with Crippen LogP contribution in [0.4, 0.5) is 0 Å². The standard InChI is InChI=1S/C13H16O4S/c1-3-11-5-4-6-12(7-11)9-18(16,17)8-10(2)13(14)15/h3-7,10H,1,8-9H2,2H3,(H,14,15)/t10-/m1/s1. The maximum atomic E-state index is 11.8. The van der Waals surface area contributed by atoms with Crippen LogP contribution in [0.3, 0.4) is 0 Å². The first kappa shape index (κ1) is 14.4. The molecule has 98 valence electrons. The smallest absolute Gasteiger partial charge is 0.307 e. The molecular formula is C13H16O4S. The summed E-state index contributed by atoms with van der Waals surface area (Å²) in [5.74, 6) is -2.48. The highest BCUT2D eigenvalue weighted by Gasteiger charge is 2.21. The third-order valence-electron chi connectivity index (χ3n) is 2.50. The van der Waals surface area contributed by atoms with Crippen molar-refractivity contribution >= 4 is 21.9 Å². The summed E-state index contributed by atoms with van der Waals surface area (Å²) in [4.78, 5) is 10.7. The van der Waals surface area contributed by atoms with E-state index >= 15 is 0 Å². The number of carbonyl (C=O) groups is 1. The summed E-state index contributed by atoms with van der Waals surface area (Å²) in [5, 5.41) is 8.72. The lowest BCUT2D eigenvalue weighted by Crippen LogP contribution is -2.22. The average Bonchev–Trinajstić information content (AvgIpc) is 2.27. The van der Waals surface area contributed by atoms with Crippen molar-refractivity contribution in [2.24, 2.45) is 5.92 Å². The maximum Gasteiger partial charge on any atom is 0.307 e. The molecule has 1 aromatic rings. The van der Waals surface area contributed by atoms with Crippen LogP contribution in [0.2, 0.25) is 0 Å². The van der Waals surface area contributed by atoms with Gasteiger partial charge in [0.15, 0.2) is 9.84 Å². The van der Waals surface area contributed by atoms with Gasteiger partial charge in [-0.05, 0) is 11.1 Å². The first-order valence-corrected chi connectivity index (χ1v) is 7.31. The Bertz CT molecular complexity index is 546. The molecule has 1 rings (SSSR count). The van der Waals surface area contributed by atoms with Crippen molar-refractivity contribution in [3.8, 4) is 0 Å². The van der Waals surface area contributed by atoms with Crippen molar-refractivity contribution in [2.75, 3.05) is 5.75 Å². The minimum absolute atomic E-state index is 0.147. The molecule has 0 saturated carbocycles. The Morgan fingerprint density at radius 2 is 2.17 bits per heavy atom. The van der Waals surface area contributed by atoms with E-state index in [1.54, 1.807) is 24.3 Å². The van der Waals surface area contributed by atoms with Gasteiger partial charge in [-0.2, -0.15) is 0 Å². The number of benzene rings is 1. The number of aliphatic carboxylic acids is 1. The second-order valence-corrected chi connectivity index (χ2v) is 6.35. The van der Waals surface area contributed by atoms with Crippen LogP contribution >= 0.6 is 0 Å². The summed E-state index contributed by atoms with van der Waals surface area (Å²) >= 11 is 0. The number of carboxylic acid groups (broad SMARTS) is 1. The zero-order valence-electron chi connectivity index (χ0n) is 10.2. The molecule has 0 spiro atoms. The van der Waals surface area contributed by atoms with Gasteiger partial charge in [0.2, 0.25) is 0 Å². The van der Waals surface area contributed by atoms with Crippen LogP contribution in [-0.4, -0.2) is 25.2 Å². The van der Waals surface area contributed by atoms with Crippen LogP contribution in [0.25, 0.3) is 6.08 Å². The molecule has 18 heavy (non-hydrogen) atoms. The van der Waals surface area contributed by atoms with Crippen molar-refractivity contribution in [2.45, 2.75) is 12.7 Å². The highest BCUT2D eigenvalue weighted by atomic mass is 32.2. The summed E-state index contributed by atoms with van der Waals surface area (Å²) in [7, 11) is -3.42. The van der Waals surface area contributed by atoms with Crippen LogP contribution in [-0.2, 0) is 20.4 Å². The lowest BCUT2D eigenvalue weighted by Gasteiger charge is -2.08. The molecule has 0 radical (unpaired) electrons. The van der Waals surface area contributed by atoms with Crippen LogP contribution in [0.5, 0.6) is 0 Å². The molecule has 0 heterocycles. The predicted molar refractivity (Wildman–Crippen MR) is 70.8 cm³/mol. The zero-order valence-corrected chi connectivity index (χ0v) is 11.0. The SMILES string of the molecule is C=Cc1cccc(CS(=O)(=O)C[C@@H](C)C(=O)O)c1. The van der Waals surface area contributed by atoms with E-state index in [9.17, 15) is 13.2 Å². The molecule has 0 aliphatic carbocycles. The van der Waals surface area contributed by atoms with Crippen molar-refractivity contribution in [1.82, 2.24) is 0 Å². The van der Waals surface area contributed by atoms with Crippen molar-refractivity contribution in [3.05, 3.63) is 42.0 Å². The summed E-state index contributed by atoms with van der Waals surface area (Å²) < 4.78 is 23.7. The molecule has 0 fully saturated rings. The third kappa shape index (κ3) is 4.33. The normalized spacial score (nSPS) is 12.9. The lowest BCUT2D eigenvalue weighted by atomic mass is 10.1. The van der Waals surface area contributed by atoms with Gasteiger partial charge in [0, 0.05) is 0 Å². The summed E-state index contributed by atoms with van der Waals surface area (Å²) in [5.41, 5.74) is 1.49. The minimum atomic E-state index is -3.42. The first-order chi connectivity index (χ1) is 8.34. The molecule has 0 saturated heterocycles. The first-order valence-electron chi connectivity index (χ1n) is 5.48. The Balaban J connectivity index is 2.82. The van der Waals surface area contributed by atoms with E-state index in [1.165, 1.54) is 6.92 Å². The largest absolute Gasteiger partial charge is 0.481 e. The van der Waals surface area contributed by atoms with Crippen molar-refractivity contribution in [1.29, 1.82) is 0 Å². The number of hydrogen-bond acceptors (Lipinski definition) is 3. The topological polar surface area (TPSA) is 71.4 Å². The number of carboxylic acids is 1. The van der Waals surface area contributed by atoms with Gasteiger partial charge in [0.25, 0.3) is 0 Å². The molecule has 0 bridgehead atoms. The fourth-order valence-corrected chi connectivity index (χ4v) is 3.28. The van der Waals surface area contributed by atoms with Gasteiger partial charge in [-0.1, -0.05) is 43.8 Å². The third-order valence-corrected chi connectivity index (χ3v) is 4.28. The Hall–Kier alpha value is -1.62. The molecule has 1 N–H and O–H groups in total. The molecule has 0 amide bonds. The quantitative estimate of drug-likeness (QED) is 0.856. The van der Waals surface area contributed by atoms with Crippen LogP contribution < -0.4 is 0 Å². The van der Waals surface area contributed by atoms with Gasteiger partial charge >= 0.3 is 5.97 Å². The number of sulfone groups is 1. The second-order valence-electron chi connectivity index (χ2n) is 4.24. The molecule has 5 heteroatoms. The molecular weight excluding hydrogens is 252 g/mol. The van der Waals surface area contributed by atoms with E-state index in [4.69, 9.17) is 5.11 Å². The summed E-state index contributed by atoms with van der Waals surface area (Å²) in [6.45, 7) is 5.00. The number of hydrogen-bond donors (Lipinski definition) is 1. The van der Waals surface area contributed by atoms with E-state index in [0.717, 1.165) is 5.56 Å². The Kier molecular flexibility index (Phi) is 4.67. The van der Waals surface area contributed by atoms with Gasteiger partial charge in [-0.15, -0.1) is 0 Å². The predicted octanol–water partition coefficient (Wildman–Crippen LogP) is 1.97. The second kappa shape index (κ2) is 5.82. The molecule has 0 unspecified atom stereocenters. The van der Waals surface area contributed by atoms with E-state index < -0.39 is 21.7 Å². The van der Waals surface area contributed by atoms with E-state index in [2.05, 4.69) is 6.58 Å². The van der Waals surface area contributed by atoms with Crippen LogP contribution in [0, 0.1) is 5.92 Å².